The van der Waals surface area contributed by atoms with Gasteiger partial charge in [-0.15, -0.1) is 0 Å². The smallest absolute Gasteiger partial charge is 0.119 e. The maximum Gasteiger partial charge on any atom is 0.119 e. The summed E-state index contributed by atoms with van der Waals surface area (Å²) in [5, 5.41) is 0.589. The molecule has 0 N–H and O–H groups in total. The molecule has 0 unspecified atom stereocenters. The van der Waals surface area contributed by atoms with E-state index in [1.165, 1.54) is 0 Å². The number of benzene rings is 4. The minimum Gasteiger partial charge on any atom is -0.489 e. The van der Waals surface area contributed by atoms with Crippen molar-refractivity contribution >= 4 is 21.5 Å². The Balaban J connectivity index is 1.48. The van der Waals surface area contributed by atoms with E-state index in [4.69, 9.17) is 16.3 Å². The maximum absolute atomic E-state index is 13.5. The van der Waals surface area contributed by atoms with Gasteiger partial charge < -0.3 is 4.74 Å². The van der Waals surface area contributed by atoms with Crippen LogP contribution in [-0.4, -0.2) is 10.5 Å². The fraction of sp³-hybridized carbons (Fsp3) is 0.0769. The molecule has 0 aliphatic carbocycles. The van der Waals surface area contributed by atoms with Crippen LogP contribution in [0.1, 0.15) is 5.56 Å². The molecule has 0 amide bonds. The molecule has 0 saturated carbocycles. The zero-order valence-corrected chi connectivity index (χ0v) is 18.2. The molecule has 0 fully saturated rings. The summed E-state index contributed by atoms with van der Waals surface area (Å²) in [5.74, 6) is 0.787. The van der Waals surface area contributed by atoms with Crippen LogP contribution in [0.15, 0.2) is 107 Å². The molecule has 0 aliphatic rings. The van der Waals surface area contributed by atoms with Crippen molar-refractivity contribution in [1.29, 1.82) is 0 Å². The first kappa shape index (κ1) is 20.4. The summed E-state index contributed by atoms with van der Waals surface area (Å²) in [7, 11) is -2.73. The lowest BCUT2D eigenvalue weighted by Gasteiger charge is -2.20. The van der Waals surface area contributed by atoms with E-state index in [0.29, 0.717) is 11.6 Å². The van der Waals surface area contributed by atoms with Gasteiger partial charge in [0.15, 0.2) is 0 Å². The summed E-state index contributed by atoms with van der Waals surface area (Å²) < 4.78 is 19.4. The van der Waals surface area contributed by atoms with E-state index >= 15 is 0 Å². The van der Waals surface area contributed by atoms with Crippen molar-refractivity contribution in [2.45, 2.75) is 16.4 Å². The van der Waals surface area contributed by atoms with Gasteiger partial charge in [-0.2, -0.15) is 0 Å². The van der Waals surface area contributed by atoms with Crippen LogP contribution in [0.25, 0.3) is 11.1 Å². The minimum absolute atomic E-state index is 0.403. The van der Waals surface area contributed by atoms with E-state index in [2.05, 4.69) is 6.07 Å². The van der Waals surface area contributed by atoms with Gasteiger partial charge in [0, 0.05) is 14.8 Å². The van der Waals surface area contributed by atoms with Crippen LogP contribution in [0.4, 0.5) is 0 Å². The third-order valence-electron chi connectivity index (χ3n) is 4.98. The van der Waals surface area contributed by atoms with Crippen molar-refractivity contribution in [2.24, 2.45) is 0 Å². The van der Waals surface area contributed by atoms with Crippen LogP contribution in [0.2, 0.25) is 5.02 Å². The van der Waals surface area contributed by atoms with E-state index in [0.717, 1.165) is 32.2 Å². The summed E-state index contributed by atoms with van der Waals surface area (Å²) >= 11 is 6.09. The molecule has 0 atom stereocenters. The lowest BCUT2D eigenvalue weighted by atomic mass is 10.1. The zero-order valence-electron chi connectivity index (χ0n) is 16.6. The van der Waals surface area contributed by atoms with Gasteiger partial charge in [-0.25, -0.2) is 0 Å². The number of hydrogen-bond donors (Lipinski definition) is 1. The lowest BCUT2D eigenvalue weighted by Crippen LogP contribution is -2.11. The highest BCUT2D eigenvalue weighted by molar-refractivity contribution is 8.02. The molecule has 4 aromatic carbocycles. The summed E-state index contributed by atoms with van der Waals surface area (Å²) in [6.07, 6.45) is 1.78. The highest BCUT2D eigenvalue weighted by Crippen LogP contribution is 2.29. The van der Waals surface area contributed by atoms with E-state index in [-0.39, 0.29) is 0 Å². The van der Waals surface area contributed by atoms with E-state index in [1.807, 2.05) is 84.9 Å². The van der Waals surface area contributed by atoms with Crippen molar-refractivity contribution in [3.8, 4) is 16.9 Å². The molecule has 151 valence electrons. The Morgan fingerprint density at radius 2 is 1.60 bits per heavy atom. The van der Waals surface area contributed by atoms with Crippen LogP contribution >= 0.6 is 11.6 Å². The number of halogens is 1. The van der Waals surface area contributed by atoms with Crippen LogP contribution in [0, 0.1) is 6.07 Å². The van der Waals surface area contributed by atoms with Gasteiger partial charge in [-0.1, -0.05) is 76.1 Å². The molecule has 4 aromatic rings. The molecular weight excluding hydrogens is 412 g/mol. The number of ether oxygens (including phenoxy) is 1. The molecule has 0 aliphatic heterocycles. The van der Waals surface area contributed by atoms with Crippen LogP contribution < -0.4 is 4.74 Å². The Kier molecular flexibility index (Phi) is 6.03. The Hall–Kier alpha value is -2.88. The lowest BCUT2D eigenvalue weighted by molar-refractivity contribution is 0.306. The molecule has 0 saturated heterocycles. The molecule has 30 heavy (non-hydrogen) atoms. The maximum atomic E-state index is 13.5. The summed E-state index contributed by atoms with van der Waals surface area (Å²) in [6, 6.07) is 34.1. The summed E-state index contributed by atoms with van der Waals surface area (Å²) in [5.41, 5.74) is 3.12. The topological polar surface area (TPSA) is 26.3 Å². The monoisotopic (exact) mass is 433 g/mol. The average molecular weight is 434 g/mol. The molecule has 0 aromatic heterocycles. The molecule has 4 rings (SSSR count). The largest absolute Gasteiger partial charge is 0.489 e. The first-order valence-corrected chi connectivity index (χ1v) is 12.2. The Morgan fingerprint density at radius 3 is 2.30 bits per heavy atom. The number of rotatable bonds is 6. The first-order chi connectivity index (χ1) is 14.5. The third-order valence-corrected chi connectivity index (χ3v) is 7.75. The van der Waals surface area contributed by atoms with Gasteiger partial charge in [-0.3, -0.25) is 4.21 Å². The Labute approximate surface area is 183 Å². The molecule has 0 heterocycles. The van der Waals surface area contributed by atoms with Crippen LogP contribution in [-0.2, 0) is 16.5 Å². The number of thiol groups is 1. The SMILES string of the molecule is C[SH](=O)(c1cccc(Cl)c1)c1cccc(COc2ccc(-c3[c]cccc3)cc2)c1. The predicted octanol–water partition coefficient (Wildman–Crippen LogP) is 6.45. The van der Waals surface area contributed by atoms with E-state index in [1.54, 1.807) is 18.4 Å². The standard InChI is InChI=1S/C26H22ClO2S/c1-30(28,26-12-6-10-23(27)18-26)25-11-5-7-20(17-25)19-29-24-15-13-22(14-16-24)21-8-3-2-4-9-21/h2-8,10-18,30H,19H2,1H3. The number of hydrogen-bond acceptors (Lipinski definition) is 2. The molecule has 2 nitrogen and oxygen atoms in total. The van der Waals surface area contributed by atoms with Crippen molar-refractivity contribution in [2.75, 3.05) is 6.26 Å². The molecule has 0 spiro atoms. The molecular formula is C26H22ClO2S. The summed E-state index contributed by atoms with van der Waals surface area (Å²) in [6.45, 7) is 0.403. The zero-order chi connectivity index (χ0) is 21.0. The fourth-order valence-corrected chi connectivity index (χ4v) is 5.38. The Bertz CT molecular complexity index is 1190. The highest BCUT2D eigenvalue weighted by atomic mass is 35.5. The van der Waals surface area contributed by atoms with Crippen molar-refractivity contribution in [1.82, 2.24) is 0 Å². The van der Waals surface area contributed by atoms with Gasteiger partial charge in [0.1, 0.15) is 12.4 Å². The molecule has 1 radical (unpaired) electrons. The average Bonchev–Trinajstić information content (AvgIpc) is 2.79. The third kappa shape index (κ3) is 4.64. The van der Waals surface area contributed by atoms with Crippen LogP contribution in [0.5, 0.6) is 5.75 Å². The second kappa shape index (κ2) is 8.86. The van der Waals surface area contributed by atoms with Crippen LogP contribution in [0.3, 0.4) is 0 Å². The first-order valence-electron chi connectivity index (χ1n) is 9.65. The van der Waals surface area contributed by atoms with Crippen molar-refractivity contribution < 1.29 is 8.95 Å². The fourth-order valence-electron chi connectivity index (χ4n) is 3.27. The minimum atomic E-state index is -2.73. The quantitative estimate of drug-likeness (QED) is 0.353. The summed E-state index contributed by atoms with van der Waals surface area (Å²) in [4.78, 5) is 1.54. The highest BCUT2D eigenvalue weighted by Gasteiger charge is 2.16. The molecule has 4 heteroatoms. The van der Waals surface area contributed by atoms with E-state index < -0.39 is 9.93 Å². The predicted molar refractivity (Wildman–Crippen MR) is 125 cm³/mol. The second-order valence-electron chi connectivity index (χ2n) is 7.16. The van der Waals surface area contributed by atoms with Gasteiger partial charge in [0.2, 0.25) is 0 Å². The second-order valence-corrected chi connectivity index (χ2v) is 10.5. The van der Waals surface area contributed by atoms with Gasteiger partial charge in [0.25, 0.3) is 0 Å². The van der Waals surface area contributed by atoms with Gasteiger partial charge in [-0.05, 0) is 71.5 Å². The molecule has 0 bridgehead atoms. The Morgan fingerprint density at radius 1 is 0.867 bits per heavy atom. The van der Waals surface area contributed by atoms with Gasteiger partial charge in [0.05, 0.1) is 0 Å². The van der Waals surface area contributed by atoms with Crippen molar-refractivity contribution in [3.05, 3.63) is 114 Å². The van der Waals surface area contributed by atoms with Gasteiger partial charge >= 0.3 is 0 Å². The van der Waals surface area contributed by atoms with E-state index in [9.17, 15) is 4.21 Å². The normalized spacial score (nSPS) is 11.8. The van der Waals surface area contributed by atoms with Crippen molar-refractivity contribution in [3.63, 3.8) is 0 Å².